The molecule has 76 valence electrons. The molecule has 0 unspecified atom stereocenters. The Labute approximate surface area is 86.3 Å². The quantitative estimate of drug-likeness (QED) is 0.758. The van der Waals surface area contributed by atoms with E-state index in [1.54, 1.807) is 18.2 Å². The van der Waals surface area contributed by atoms with E-state index in [1.807, 2.05) is 13.0 Å². The molecule has 5 nitrogen and oxygen atoms in total. The lowest BCUT2D eigenvalue weighted by Crippen LogP contribution is -2.12. The zero-order valence-electron chi connectivity index (χ0n) is 8.19. The molecular weight excluding hydrogens is 192 g/mol. The normalized spacial score (nSPS) is 10.2. The topological polar surface area (TPSA) is 84.7 Å². The number of nitrogens with two attached hydrogens (primary N) is 1. The van der Waals surface area contributed by atoms with Crippen LogP contribution in [0.25, 0.3) is 11.3 Å². The van der Waals surface area contributed by atoms with Crippen LogP contribution in [0.2, 0.25) is 0 Å². The molecule has 0 bridgehead atoms. The van der Waals surface area contributed by atoms with Crippen LogP contribution in [0.3, 0.4) is 0 Å². The molecule has 1 amide bonds. The van der Waals surface area contributed by atoms with Gasteiger partial charge in [0.25, 0.3) is 0 Å². The molecule has 3 N–H and O–H groups in total. The minimum Gasteiger partial charge on any atom is -0.366 e. The van der Waals surface area contributed by atoms with E-state index in [4.69, 9.17) is 5.73 Å². The van der Waals surface area contributed by atoms with Gasteiger partial charge in [0.15, 0.2) is 0 Å². The number of benzene rings is 1. The van der Waals surface area contributed by atoms with Gasteiger partial charge in [-0.05, 0) is 13.0 Å². The average Bonchev–Trinajstić information content (AvgIpc) is 2.64. The number of H-pyrrole nitrogens is 1. The lowest BCUT2D eigenvalue weighted by molar-refractivity contribution is 0.100. The highest BCUT2D eigenvalue weighted by Gasteiger charge is 2.13. The molecule has 1 heterocycles. The highest BCUT2D eigenvalue weighted by atomic mass is 16.1. The predicted molar refractivity (Wildman–Crippen MR) is 55.1 cm³/mol. The molecule has 0 atom stereocenters. The Morgan fingerprint density at radius 3 is 2.67 bits per heavy atom. The molecule has 0 saturated carbocycles. The molecule has 0 aliphatic carbocycles. The van der Waals surface area contributed by atoms with Crippen molar-refractivity contribution in [3.05, 3.63) is 35.5 Å². The molecule has 1 aromatic carbocycles. The molecule has 2 rings (SSSR count). The van der Waals surface area contributed by atoms with E-state index in [-0.39, 0.29) is 0 Å². The van der Waals surface area contributed by atoms with Crippen molar-refractivity contribution in [3.8, 4) is 11.3 Å². The fourth-order valence-electron chi connectivity index (χ4n) is 1.44. The molecule has 1 aromatic heterocycles. The fourth-order valence-corrected chi connectivity index (χ4v) is 1.44. The second-order valence-corrected chi connectivity index (χ2v) is 3.17. The predicted octanol–water partition coefficient (Wildman–Crippen LogP) is 0.879. The van der Waals surface area contributed by atoms with Crippen molar-refractivity contribution < 1.29 is 4.79 Å². The maximum atomic E-state index is 11.2. The lowest BCUT2D eigenvalue weighted by Gasteiger charge is -2.03. The fraction of sp³-hybridized carbons (Fsp3) is 0.100. The van der Waals surface area contributed by atoms with Crippen molar-refractivity contribution in [1.29, 1.82) is 0 Å². The van der Waals surface area contributed by atoms with E-state index >= 15 is 0 Å². The van der Waals surface area contributed by atoms with Crippen LogP contribution >= 0.6 is 0 Å². The Hall–Kier alpha value is -2.17. The number of hydrogen-bond acceptors (Lipinski definition) is 3. The van der Waals surface area contributed by atoms with Gasteiger partial charge in [0, 0.05) is 11.1 Å². The third-order valence-electron chi connectivity index (χ3n) is 2.17. The van der Waals surface area contributed by atoms with Crippen molar-refractivity contribution in [1.82, 2.24) is 15.4 Å². The van der Waals surface area contributed by atoms with E-state index < -0.39 is 5.91 Å². The summed E-state index contributed by atoms with van der Waals surface area (Å²) in [5, 5.41) is 10.4. The summed E-state index contributed by atoms with van der Waals surface area (Å²) in [6, 6.07) is 7.06. The third-order valence-corrected chi connectivity index (χ3v) is 2.17. The third kappa shape index (κ3) is 1.59. The minimum atomic E-state index is -0.465. The van der Waals surface area contributed by atoms with Crippen LogP contribution in [0.5, 0.6) is 0 Å². The van der Waals surface area contributed by atoms with Crippen LogP contribution in [0.15, 0.2) is 24.3 Å². The Bertz CT molecular complexity index is 504. The maximum absolute atomic E-state index is 11.2. The van der Waals surface area contributed by atoms with E-state index in [0.717, 1.165) is 5.69 Å². The van der Waals surface area contributed by atoms with Gasteiger partial charge >= 0.3 is 0 Å². The van der Waals surface area contributed by atoms with Crippen LogP contribution in [0, 0.1) is 6.92 Å². The first kappa shape index (κ1) is 9.39. The number of rotatable bonds is 2. The number of carbonyl (C=O) groups is 1. The molecule has 0 radical (unpaired) electrons. The van der Waals surface area contributed by atoms with Gasteiger partial charge in [-0.25, -0.2) is 0 Å². The second-order valence-electron chi connectivity index (χ2n) is 3.17. The van der Waals surface area contributed by atoms with Crippen molar-refractivity contribution in [2.75, 3.05) is 0 Å². The van der Waals surface area contributed by atoms with Gasteiger partial charge in [-0.1, -0.05) is 18.2 Å². The van der Waals surface area contributed by atoms with Crippen molar-refractivity contribution in [3.63, 3.8) is 0 Å². The summed E-state index contributed by atoms with van der Waals surface area (Å²) in [4.78, 5) is 11.2. The Morgan fingerprint density at radius 2 is 2.07 bits per heavy atom. The monoisotopic (exact) mass is 202 g/mol. The molecule has 0 saturated heterocycles. The van der Waals surface area contributed by atoms with Gasteiger partial charge < -0.3 is 5.73 Å². The highest BCUT2D eigenvalue weighted by Crippen LogP contribution is 2.22. The average molecular weight is 202 g/mol. The van der Waals surface area contributed by atoms with Gasteiger partial charge in [-0.3, -0.25) is 4.79 Å². The lowest BCUT2D eigenvalue weighted by atomic mass is 10.0. The number of aromatic nitrogens is 3. The Balaban J connectivity index is 2.63. The Morgan fingerprint density at radius 1 is 1.33 bits per heavy atom. The first-order chi connectivity index (χ1) is 7.20. The van der Waals surface area contributed by atoms with Crippen LogP contribution in [-0.4, -0.2) is 21.3 Å². The molecule has 0 spiro atoms. The van der Waals surface area contributed by atoms with Crippen LogP contribution in [0.4, 0.5) is 0 Å². The molecule has 2 aromatic rings. The summed E-state index contributed by atoms with van der Waals surface area (Å²) in [5.41, 5.74) is 7.83. The first-order valence-electron chi connectivity index (χ1n) is 4.46. The summed E-state index contributed by atoms with van der Waals surface area (Å²) in [7, 11) is 0. The first-order valence-corrected chi connectivity index (χ1v) is 4.46. The molecular formula is C10H10N4O. The largest absolute Gasteiger partial charge is 0.366 e. The summed E-state index contributed by atoms with van der Waals surface area (Å²) < 4.78 is 0. The van der Waals surface area contributed by atoms with Gasteiger partial charge in [0.2, 0.25) is 5.91 Å². The van der Waals surface area contributed by atoms with Crippen LogP contribution < -0.4 is 5.73 Å². The molecule has 0 aliphatic rings. The number of hydrogen-bond donors (Lipinski definition) is 2. The van der Waals surface area contributed by atoms with Gasteiger partial charge in [0.05, 0.1) is 5.69 Å². The summed E-state index contributed by atoms with van der Waals surface area (Å²) >= 11 is 0. The van der Waals surface area contributed by atoms with E-state index in [1.165, 1.54) is 0 Å². The number of aryl methyl sites for hydroxylation is 1. The maximum Gasteiger partial charge on any atom is 0.249 e. The van der Waals surface area contributed by atoms with E-state index in [2.05, 4.69) is 15.4 Å². The standard InChI is InChI=1S/C10H10N4O/c1-6-9(13-14-12-6)7-4-2-3-5-8(7)10(11)15/h2-5H,1H3,(H2,11,15)(H,12,13,14). The highest BCUT2D eigenvalue weighted by molar-refractivity contribution is 5.99. The van der Waals surface area contributed by atoms with Crippen molar-refractivity contribution >= 4 is 5.91 Å². The number of carbonyl (C=O) groups excluding carboxylic acids is 1. The molecule has 0 fully saturated rings. The van der Waals surface area contributed by atoms with Crippen LogP contribution in [0.1, 0.15) is 16.1 Å². The second kappa shape index (κ2) is 3.53. The molecule has 0 aliphatic heterocycles. The zero-order chi connectivity index (χ0) is 10.8. The van der Waals surface area contributed by atoms with Gasteiger partial charge in [-0.2, -0.15) is 15.4 Å². The Kier molecular flexibility index (Phi) is 2.21. The zero-order valence-corrected chi connectivity index (χ0v) is 8.19. The van der Waals surface area contributed by atoms with Gasteiger partial charge in [0.1, 0.15) is 5.69 Å². The van der Waals surface area contributed by atoms with Crippen LogP contribution in [-0.2, 0) is 0 Å². The number of nitrogens with one attached hydrogen (secondary N) is 1. The van der Waals surface area contributed by atoms with E-state index in [0.29, 0.717) is 16.8 Å². The summed E-state index contributed by atoms with van der Waals surface area (Å²) in [5.74, 6) is -0.465. The number of primary amides is 1. The smallest absolute Gasteiger partial charge is 0.249 e. The number of aromatic amines is 1. The van der Waals surface area contributed by atoms with Crippen molar-refractivity contribution in [2.45, 2.75) is 6.92 Å². The minimum absolute atomic E-state index is 0.453. The number of amides is 1. The molecule has 15 heavy (non-hydrogen) atoms. The number of nitrogens with zero attached hydrogens (tertiary/aromatic N) is 2. The van der Waals surface area contributed by atoms with E-state index in [9.17, 15) is 4.79 Å². The molecule has 5 heteroatoms. The SMILES string of the molecule is Cc1n[nH]nc1-c1ccccc1C(N)=O. The summed E-state index contributed by atoms with van der Waals surface area (Å²) in [6.45, 7) is 1.82. The van der Waals surface area contributed by atoms with Gasteiger partial charge in [-0.15, -0.1) is 0 Å². The summed E-state index contributed by atoms with van der Waals surface area (Å²) in [6.07, 6.45) is 0. The van der Waals surface area contributed by atoms with Crippen molar-refractivity contribution in [2.24, 2.45) is 5.73 Å².